The first-order valence-electron chi connectivity index (χ1n) is 13.2. The van der Waals surface area contributed by atoms with Crippen LogP contribution in [0.25, 0.3) is 22.3 Å². The maximum absolute atomic E-state index is 15.4. The number of carboxylic acids is 1. The van der Waals surface area contributed by atoms with Crippen LogP contribution in [0.1, 0.15) is 33.7 Å². The van der Waals surface area contributed by atoms with E-state index in [1.165, 1.54) is 30.3 Å². The van der Waals surface area contributed by atoms with Crippen molar-refractivity contribution in [2.75, 3.05) is 6.61 Å². The Morgan fingerprint density at radius 1 is 0.977 bits per heavy atom. The molecule has 3 aromatic carbocycles. The van der Waals surface area contributed by atoms with Crippen LogP contribution in [0.2, 0.25) is 5.02 Å². The molecule has 1 saturated heterocycles. The summed E-state index contributed by atoms with van der Waals surface area (Å²) >= 11 is 5.75. The number of nitrogens with zero attached hydrogens (tertiary/aromatic N) is 3. The third-order valence-electron chi connectivity index (χ3n) is 7.18. The van der Waals surface area contributed by atoms with Gasteiger partial charge in [-0.25, -0.2) is 32.3 Å². The number of fused-ring (bicyclic) bond motifs is 1. The van der Waals surface area contributed by atoms with Crippen molar-refractivity contribution in [3.63, 3.8) is 0 Å². The number of ether oxygens (including phenoxy) is 2. The number of hydrogen-bond acceptors (Lipinski definition) is 5. The highest BCUT2D eigenvalue weighted by atomic mass is 35.5. The van der Waals surface area contributed by atoms with Crippen molar-refractivity contribution in [2.24, 2.45) is 0 Å². The van der Waals surface area contributed by atoms with Gasteiger partial charge in [0.1, 0.15) is 29.8 Å². The number of imidazole rings is 1. The van der Waals surface area contributed by atoms with Crippen molar-refractivity contribution >= 4 is 28.6 Å². The first-order valence-corrected chi connectivity index (χ1v) is 13.6. The summed E-state index contributed by atoms with van der Waals surface area (Å²) in [6.07, 6.45) is 0.975. The molecule has 1 unspecified atom stereocenters. The Morgan fingerprint density at radius 3 is 2.49 bits per heavy atom. The number of aromatic carboxylic acids is 1. The third kappa shape index (κ3) is 5.91. The van der Waals surface area contributed by atoms with E-state index in [4.69, 9.17) is 21.1 Å². The molecule has 43 heavy (non-hydrogen) atoms. The smallest absolute Gasteiger partial charge is 0.335 e. The fourth-order valence-electron chi connectivity index (χ4n) is 4.84. The highest BCUT2D eigenvalue weighted by molar-refractivity contribution is 6.30. The summed E-state index contributed by atoms with van der Waals surface area (Å²) < 4.78 is 71.5. The van der Waals surface area contributed by atoms with E-state index in [0.717, 1.165) is 12.5 Å². The summed E-state index contributed by atoms with van der Waals surface area (Å²) in [6.45, 7) is 0.668. The molecule has 0 amide bonds. The largest absolute Gasteiger partial charge is 0.478 e. The normalized spacial score (nSPS) is 14.6. The first-order chi connectivity index (χ1) is 20.7. The van der Waals surface area contributed by atoms with Crippen LogP contribution in [0.4, 0.5) is 17.6 Å². The molecular formula is C31H22ClF4N3O4. The summed E-state index contributed by atoms with van der Waals surface area (Å²) in [7, 11) is 0. The van der Waals surface area contributed by atoms with E-state index < -0.39 is 47.4 Å². The molecule has 12 heteroatoms. The standard InChI is InChI=1S/C31H22ClF4N3O4/c32-19-4-2-18(22(33)12-19)15-43-30-25(36)13-24(35)29(38-30)21-5-1-16(9-23(21)34)10-28-37-26-6-3-17(31(40)41)11-27(26)39(28)14-20-7-8-42-20/h1-6,9,11-13,20H,7-8,10,14-15H2,(H,40,41). The number of benzene rings is 3. The van der Waals surface area contributed by atoms with Crippen LogP contribution < -0.4 is 4.74 Å². The van der Waals surface area contributed by atoms with E-state index in [-0.39, 0.29) is 34.2 Å². The van der Waals surface area contributed by atoms with Gasteiger partial charge in [0.2, 0.25) is 0 Å². The first kappa shape index (κ1) is 28.6. The number of carbonyl (C=O) groups is 1. The molecule has 1 atom stereocenters. The summed E-state index contributed by atoms with van der Waals surface area (Å²) in [4.78, 5) is 20.0. The molecule has 0 saturated carbocycles. The molecule has 1 aliphatic rings. The lowest BCUT2D eigenvalue weighted by Gasteiger charge is -2.27. The second-order valence-electron chi connectivity index (χ2n) is 10.0. The van der Waals surface area contributed by atoms with Crippen molar-refractivity contribution in [1.82, 2.24) is 14.5 Å². The fraction of sp³-hybridized carbons (Fsp3) is 0.194. The zero-order valence-electron chi connectivity index (χ0n) is 22.3. The predicted octanol–water partition coefficient (Wildman–Crippen LogP) is 6.97. The number of aromatic nitrogens is 3. The predicted molar refractivity (Wildman–Crippen MR) is 149 cm³/mol. The summed E-state index contributed by atoms with van der Waals surface area (Å²) in [5.74, 6) is -4.85. The van der Waals surface area contributed by atoms with Crippen LogP contribution in [-0.2, 0) is 24.3 Å². The van der Waals surface area contributed by atoms with Crippen molar-refractivity contribution in [1.29, 1.82) is 0 Å². The Hall–Kier alpha value is -4.48. The van der Waals surface area contributed by atoms with Crippen molar-refractivity contribution in [3.05, 3.63) is 111 Å². The zero-order valence-corrected chi connectivity index (χ0v) is 23.0. The third-order valence-corrected chi connectivity index (χ3v) is 7.42. The second-order valence-corrected chi connectivity index (χ2v) is 10.5. The van der Waals surface area contributed by atoms with Crippen LogP contribution in [0.3, 0.4) is 0 Å². The van der Waals surface area contributed by atoms with E-state index in [2.05, 4.69) is 9.97 Å². The topological polar surface area (TPSA) is 86.5 Å². The molecule has 3 heterocycles. The highest BCUT2D eigenvalue weighted by Gasteiger charge is 2.23. The van der Waals surface area contributed by atoms with Gasteiger partial charge in [-0.05, 0) is 54.4 Å². The number of pyridine rings is 1. The Labute approximate surface area is 247 Å². The van der Waals surface area contributed by atoms with Crippen LogP contribution in [-0.4, -0.2) is 38.3 Å². The van der Waals surface area contributed by atoms with E-state index >= 15 is 4.39 Å². The molecule has 7 nitrogen and oxygen atoms in total. The van der Waals surface area contributed by atoms with E-state index in [1.807, 2.05) is 4.57 Å². The maximum Gasteiger partial charge on any atom is 0.335 e. The number of hydrogen-bond donors (Lipinski definition) is 1. The Balaban J connectivity index is 1.28. The van der Waals surface area contributed by atoms with Crippen LogP contribution >= 0.6 is 11.6 Å². The second kappa shape index (κ2) is 11.7. The molecule has 6 rings (SSSR count). The average molecular weight is 612 g/mol. The van der Waals surface area contributed by atoms with Gasteiger partial charge in [0.25, 0.3) is 5.88 Å². The van der Waals surface area contributed by atoms with Crippen molar-refractivity contribution in [3.8, 4) is 17.1 Å². The lowest BCUT2D eigenvalue weighted by atomic mass is 10.0. The molecule has 2 aromatic heterocycles. The van der Waals surface area contributed by atoms with E-state index in [9.17, 15) is 23.1 Å². The highest BCUT2D eigenvalue weighted by Crippen LogP contribution is 2.30. The van der Waals surface area contributed by atoms with Gasteiger partial charge in [0.05, 0.1) is 29.2 Å². The number of carboxylic acid groups (broad SMARTS) is 1. The van der Waals surface area contributed by atoms with Crippen molar-refractivity contribution < 1.29 is 36.9 Å². The Bertz CT molecular complexity index is 1880. The lowest BCUT2D eigenvalue weighted by molar-refractivity contribution is -0.0589. The van der Waals surface area contributed by atoms with Gasteiger partial charge in [-0.1, -0.05) is 23.7 Å². The molecule has 0 bridgehead atoms. The van der Waals surface area contributed by atoms with E-state index in [1.54, 1.807) is 18.2 Å². The molecule has 0 aliphatic carbocycles. The maximum atomic E-state index is 15.4. The SMILES string of the molecule is O=C(O)c1ccc2nc(Cc3ccc(-c4nc(OCc5ccc(Cl)cc5F)c(F)cc4F)c(F)c3)n(CC3CCO3)c2c1. The molecule has 0 radical (unpaired) electrons. The monoisotopic (exact) mass is 611 g/mol. The molecule has 1 N–H and O–H groups in total. The minimum Gasteiger partial charge on any atom is -0.478 e. The van der Waals surface area contributed by atoms with Crippen LogP contribution in [0.5, 0.6) is 5.88 Å². The zero-order chi connectivity index (χ0) is 30.2. The minimum absolute atomic E-state index is 0.0520. The average Bonchev–Trinajstić information content (AvgIpc) is 3.27. The summed E-state index contributed by atoms with van der Waals surface area (Å²) in [5, 5.41) is 9.62. The Kier molecular flexibility index (Phi) is 7.76. The van der Waals surface area contributed by atoms with E-state index in [0.29, 0.717) is 41.6 Å². The fourth-order valence-corrected chi connectivity index (χ4v) is 5.00. The van der Waals surface area contributed by atoms with Gasteiger partial charge in [0, 0.05) is 35.2 Å². The van der Waals surface area contributed by atoms with Gasteiger partial charge in [-0.3, -0.25) is 0 Å². The quantitative estimate of drug-likeness (QED) is 0.181. The summed E-state index contributed by atoms with van der Waals surface area (Å²) in [5.41, 5.74) is 1.18. The Morgan fingerprint density at radius 2 is 1.79 bits per heavy atom. The minimum atomic E-state index is -1.13. The van der Waals surface area contributed by atoms with Crippen LogP contribution in [0.15, 0.2) is 60.7 Å². The molecule has 220 valence electrons. The molecule has 5 aromatic rings. The number of rotatable bonds is 9. The molecule has 1 fully saturated rings. The number of halogens is 5. The van der Waals surface area contributed by atoms with Gasteiger partial charge in [-0.15, -0.1) is 0 Å². The summed E-state index contributed by atoms with van der Waals surface area (Å²) in [6, 6.07) is 13.1. The molecule has 0 spiro atoms. The van der Waals surface area contributed by atoms with Gasteiger partial charge in [0.15, 0.2) is 11.6 Å². The molecular weight excluding hydrogens is 590 g/mol. The van der Waals surface area contributed by atoms with Crippen LogP contribution in [0, 0.1) is 23.3 Å². The van der Waals surface area contributed by atoms with Gasteiger partial charge < -0.3 is 19.1 Å². The van der Waals surface area contributed by atoms with Gasteiger partial charge in [-0.2, -0.15) is 0 Å². The van der Waals surface area contributed by atoms with Gasteiger partial charge >= 0.3 is 5.97 Å². The molecule has 1 aliphatic heterocycles. The lowest BCUT2D eigenvalue weighted by Crippen LogP contribution is -2.31. The van der Waals surface area contributed by atoms with Crippen molar-refractivity contribution in [2.45, 2.75) is 32.1 Å².